The number of halogens is 1. The van der Waals surface area contributed by atoms with Crippen molar-refractivity contribution in [3.8, 4) is 16.9 Å². The average molecular weight is 386 g/mol. The lowest BCUT2D eigenvalue weighted by molar-refractivity contribution is -0.111. The third-order valence-electron chi connectivity index (χ3n) is 5.12. The van der Waals surface area contributed by atoms with E-state index in [0.717, 1.165) is 62.9 Å². The summed E-state index contributed by atoms with van der Waals surface area (Å²) in [6, 6.07) is 8.47. The molecule has 1 saturated heterocycles. The maximum absolute atomic E-state index is 14.5. The molecule has 1 fully saturated rings. The molecule has 1 aromatic heterocycles. The topological polar surface area (TPSA) is 62.7 Å². The summed E-state index contributed by atoms with van der Waals surface area (Å²) in [7, 11) is 0. The quantitative estimate of drug-likeness (QED) is 0.524. The number of aldehydes is 1. The van der Waals surface area contributed by atoms with E-state index in [-0.39, 0.29) is 18.3 Å². The van der Waals surface area contributed by atoms with Crippen molar-refractivity contribution in [3.05, 3.63) is 42.3 Å². The summed E-state index contributed by atoms with van der Waals surface area (Å²) in [6.45, 7) is 2.29. The first-order valence-corrected chi connectivity index (χ1v) is 9.91. The third-order valence-corrected chi connectivity index (χ3v) is 5.12. The first-order chi connectivity index (χ1) is 13.7. The van der Waals surface area contributed by atoms with E-state index >= 15 is 0 Å². The molecule has 0 saturated carbocycles. The molecule has 150 valence electrons. The minimum Gasteiger partial charge on any atom is -0.494 e. The van der Waals surface area contributed by atoms with Gasteiger partial charge in [-0.25, -0.2) is 9.37 Å². The molecular formula is C22H27FN2O3. The van der Waals surface area contributed by atoms with Crippen molar-refractivity contribution in [2.75, 3.05) is 31.2 Å². The zero-order valence-corrected chi connectivity index (χ0v) is 16.0. The highest BCUT2D eigenvalue weighted by molar-refractivity contribution is 5.68. The van der Waals surface area contributed by atoms with Gasteiger partial charge < -0.3 is 19.5 Å². The van der Waals surface area contributed by atoms with E-state index in [0.29, 0.717) is 17.9 Å². The van der Waals surface area contributed by atoms with Crippen LogP contribution in [-0.4, -0.2) is 42.7 Å². The maximum atomic E-state index is 14.5. The zero-order chi connectivity index (χ0) is 19.8. The van der Waals surface area contributed by atoms with E-state index in [4.69, 9.17) is 9.84 Å². The Labute approximate surface area is 165 Å². The second-order valence-electron chi connectivity index (χ2n) is 7.14. The number of benzene rings is 1. The number of pyridine rings is 1. The van der Waals surface area contributed by atoms with E-state index in [2.05, 4.69) is 9.88 Å². The molecule has 1 aliphatic rings. The molecule has 1 aromatic carbocycles. The fraction of sp³-hybridized carbons (Fsp3) is 0.455. The summed E-state index contributed by atoms with van der Waals surface area (Å²) < 4.78 is 20.2. The summed E-state index contributed by atoms with van der Waals surface area (Å²) in [5.74, 6) is 1.26. The first-order valence-electron chi connectivity index (χ1n) is 9.91. The number of aliphatic hydroxyl groups is 1. The monoisotopic (exact) mass is 386 g/mol. The molecule has 2 aromatic rings. The smallest absolute Gasteiger partial charge is 0.131 e. The van der Waals surface area contributed by atoms with Gasteiger partial charge in [-0.15, -0.1) is 0 Å². The van der Waals surface area contributed by atoms with E-state index in [1.54, 1.807) is 24.4 Å². The highest BCUT2D eigenvalue weighted by Crippen LogP contribution is 2.30. The molecule has 6 heteroatoms. The Morgan fingerprint density at radius 1 is 1.18 bits per heavy atom. The van der Waals surface area contributed by atoms with Gasteiger partial charge >= 0.3 is 0 Å². The number of aromatic nitrogens is 1. The lowest BCUT2D eigenvalue weighted by atomic mass is 9.98. The van der Waals surface area contributed by atoms with Crippen molar-refractivity contribution in [2.45, 2.75) is 32.1 Å². The van der Waals surface area contributed by atoms with Crippen molar-refractivity contribution in [1.29, 1.82) is 0 Å². The van der Waals surface area contributed by atoms with Crippen LogP contribution < -0.4 is 9.64 Å². The minimum absolute atomic E-state index is 0.128. The van der Waals surface area contributed by atoms with Crippen molar-refractivity contribution in [2.24, 2.45) is 5.92 Å². The predicted molar refractivity (Wildman–Crippen MR) is 107 cm³/mol. The number of carbonyl (C=O) groups excluding carboxylic acids is 1. The molecule has 0 amide bonds. The fourth-order valence-electron chi connectivity index (χ4n) is 3.42. The lowest BCUT2D eigenvalue weighted by Crippen LogP contribution is -2.34. The Morgan fingerprint density at radius 3 is 2.75 bits per heavy atom. The molecule has 2 heterocycles. The second-order valence-corrected chi connectivity index (χ2v) is 7.14. The van der Waals surface area contributed by atoms with Crippen LogP contribution in [0.1, 0.15) is 32.1 Å². The number of rotatable bonds is 9. The van der Waals surface area contributed by atoms with Gasteiger partial charge in [0.15, 0.2) is 0 Å². The Morgan fingerprint density at radius 2 is 2.00 bits per heavy atom. The largest absolute Gasteiger partial charge is 0.494 e. The number of hydrogen-bond donors (Lipinski definition) is 1. The van der Waals surface area contributed by atoms with Gasteiger partial charge in [-0.05, 0) is 68.0 Å². The first kappa shape index (κ1) is 20.3. The van der Waals surface area contributed by atoms with Crippen LogP contribution in [0.4, 0.5) is 10.2 Å². The Kier molecular flexibility index (Phi) is 7.37. The van der Waals surface area contributed by atoms with Crippen molar-refractivity contribution in [1.82, 2.24) is 4.98 Å². The van der Waals surface area contributed by atoms with Crippen molar-refractivity contribution in [3.63, 3.8) is 0 Å². The molecule has 0 bridgehead atoms. The summed E-state index contributed by atoms with van der Waals surface area (Å²) in [5.41, 5.74) is 1.24. The predicted octanol–water partition coefficient (Wildman–Crippen LogP) is 3.84. The van der Waals surface area contributed by atoms with Crippen molar-refractivity contribution < 1.29 is 19.0 Å². The third kappa shape index (κ3) is 5.29. The molecule has 1 aliphatic heterocycles. The minimum atomic E-state index is -0.301. The van der Waals surface area contributed by atoms with Gasteiger partial charge in [-0.3, -0.25) is 0 Å². The molecule has 3 rings (SSSR count). The number of piperidine rings is 1. The van der Waals surface area contributed by atoms with Gasteiger partial charge in [0, 0.05) is 37.4 Å². The SMILES string of the molecule is O=CC1CCN(c2cc(-c3cc(OCCCCCO)ccc3F)ccn2)CC1. The zero-order valence-electron chi connectivity index (χ0n) is 16.0. The molecule has 5 nitrogen and oxygen atoms in total. The molecule has 0 radical (unpaired) electrons. The van der Waals surface area contributed by atoms with E-state index in [1.165, 1.54) is 6.07 Å². The molecular weight excluding hydrogens is 359 g/mol. The van der Waals surface area contributed by atoms with Gasteiger partial charge in [-0.2, -0.15) is 0 Å². The number of nitrogens with zero attached hydrogens (tertiary/aromatic N) is 2. The van der Waals surface area contributed by atoms with Crippen LogP contribution in [0, 0.1) is 11.7 Å². The summed E-state index contributed by atoms with van der Waals surface area (Å²) >= 11 is 0. The fourth-order valence-corrected chi connectivity index (χ4v) is 3.42. The van der Waals surface area contributed by atoms with Crippen LogP contribution in [0.25, 0.3) is 11.1 Å². The van der Waals surface area contributed by atoms with Crippen LogP contribution in [0.5, 0.6) is 5.75 Å². The van der Waals surface area contributed by atoms with Crippen LogP contribution in [0.2, 0.25) is 0 Å². The van der Waals surface area contributed by atoms with Crippen LogP contribution in [0.3, 0.4) is 0 Å². The molecule has 0 aliphatic carbocycles. The molecule has 1 N–H and O–H groups in total. The summed E-state index contributed by atoms with van der Waals surface area (Å²) in [5, 5.41) is 8.81. The summed E-state index contributed by atoms with van der Waals surface area (Å²) in [4.78, 5) is 17.5. The van der Waals surface area contributed by atoms with Gasteiger partial charge in [0.05, 0.1) is 6.61 Å². The van der Waals surface area contributed by atoms with Gasteiger partial charge in [0.25, 0.3) is 0 Å². The standard InChI is InChI=1S/C22H27FN2O3/c23-21-5-4-19(28-13-3-1-2-12-26)15-20(21)18-6-9-24-22(14-18)25-10-7-17(16-27)8-11-25/h4-6,9,14-17,26H,1-3,7-8,10-13H2. The normalized spacial score (nSPS) is 14.9. The molecule has 0 spiro atoms. The van der Waals surface area contributed by atoms with Crippen LogP contribution in [0.15, 0.2) is 36.5 Å². The highest BCUT2D eigenvalue weighted by atomic mass is 19.1. The number of aliphatic hydroxyl groups excluding tert-OH is 1. The maximum Gasteiger partial charge on any atom is 0.131 e. The second kappa shape index (κ2) is 10.2. The average Bonchev–Trinajstić information content (AvgIpc) is 2.75. The Balaban J connectivity index is 1.70. The number of hydrogen-bond acceptors (Lipinski definition) is 5. The van der Waals surface area contributed by atoms with Crippen LogP contribution >= 0.6 is 0 Å². The van der Waals surface area contributed by atoms with E-state index in [9.17, 15) is 9.18 Å². The van der Waals surface area contributed by atoms with E-state index < -0.39 is 0 Å². The lowest BCUT2D eigenvalue weighted by Gasteiger charge is -2.30. The van der Waals surface area contributed by atoms with E-state index in [1.807, 2.05) is 6.07 Å². The highest BCUT2D eigenvalue weighted by Gasteiger charge is 2.20. The molecule has 0 atom stereocenters. The Bertz CT molecular complexity index is 776. The molecule has 0 unspecified atom stereocenters. The number of ether oxygens (including phenoxy) is 1. The van der Waals surface area contributed by atoms with Gasteiger partial charge in [0.2, 0.25) is 0 Å². The summed E-state index contributed by atoms with van der Waals surface area (Å²) in [6.07, 6.45) is 6.89. The number of unbranched alkanes of at least 4 members (excludes halogenated alkanes) is 2. The Hall–Kier alpha value is -2.47. The van der Waals surface area contributed by atoms with Gasteiger partial charge in [-0.1, -0.05) is 0 Å². The molecule has 28 heavy (non-hydrogen) atoms. The van der Waals surface area contributed by atoms with Gasteiger partial charge in [0.1, 0.15) is 23.7 Å². The number of anilines is 1. The van der Waals surface area contributed by atoms with Crippen molar-refractivity contribution >= 4 is 12.1 Å². The number of carbonyl (C=O) groups is 1. The van der Waals surface area contributed by atoms with Crippen LogP contribution in [-0.2, 0) is 4.79 Å².